The van der Waals surface area contributed by atoms with Crippen LogP contribution in [0, 0.1) is 0 Å². The fourth-order valence-corrected chi connectivity index (χ4v) is 3.20. The zero-order valence-electron chi connectivity index (χ0n) is 12.2. The summed E-state index contributed by atoms with van der Waals surface area (Å²) < 4.78 is 7.44. The lowest BCUT2D eigenvalue weighted by Gasteiger charge is -2.23. The minimum absolute atomic E-state index is 0.0556. The highest BCUT2D eigenvalue weighted by Gasteiger charge is 2.18. The van der Waals surface area contributed by atoms with Gasteiger partial charge in [0.05, 0.1) is 12.2 Å². The normalized spacial score (nSPS) is 12.2. The predicted octanol–water partition coefficient (Wildman–Crippen LogP) is 4.33. The highest BCUT2D eigenvalue weighted by Crippen LogP contribution is 2.32. The lowest BCUT2D eigenvalue weighted by atomic mass is 10.1. The summed E-state index contributed by atoms with van der Waals surface area (Å²) in [5.74, 6) is 0. The molecule has 0 aliphatic carbocycles. The number of thiophene rings is 1. The van der Waals surface area contributed by atoms with Gasteiger partial charge in [-0.1, -0.05) is 25.1 Å². The minimum Gasteiger partial charge on any atom is -0.371 e. The van der Waals surface area contributed by atoms with E-state index in [1.54, 1.807) is 0 Å². The first kappa shape index (κ1) is 14.5. The second-order valence-electron chi connectivity index (χ2n) is 5.43. The van der Waals surface area contributed by atoms with Gasteiger partial charge in [-0.25, -0.2) is 0 Å². The van der Waals surface area contributed by atoms with Crippen LogP contribution in [0.5, 0.6) is 0 Å². The zero-order chi connectivity index (χ0) is 13.9. The summed E-state index contributed by atoms with van der Waals surface area (Å²) in [4.78, 5) is 1.38. The number of hydrogen-bond acceptors (Lipinski definition) is 3. The molecule has 0 amide bonds. The molecule has 104 valence electrons. The lowest BCUT2D eigenvalue weighted by molar-refractivity contribution is -0.0312. The molecule has 0 fully saturated rings. The van der Waals surface area contributed by atoms with Gasteiger partial charge in [0, 0.05) is 21.7 Å². The van der Waals surface area contributed by atoms with E-state index in [1.807, 2.05) is 18.4 Å². The van der Waals surface area contributed by atoms with E-state index in [0.717, 1.165) is 13.0 Å². The monoisotopic (exact) mass is 277 g/mol. The fourth-order valence-electron chi connectivity index (χ4n) is 1.98. The molecule has 0 bridgehead atoms. The average Bonchev–Trinajstić information content (AvgIpc) is 2.74. The van der Waals surface area contributed by atoms with Crippen molar-refractivity contribution in [3.8, 4) is 0 Å². The maximum Gasteiger partial charge on any atom is 0.0741 e. The van der Waals surface area contributed by atoms with Crippen LogP contribution in [-0.2, 0) is 17.9 Å². The van der Waals surface area contributed by atoms with Gasteiger partial charge in [-0.2, -0.15) is 0 Å². The molecule has 0 aliphatic rings. The Labute approximate surface area is 119 Å². The fraction of sp³-hybridized carbons (Fsp3) is 0.500. The standard InChI is InChI=1S/C16H23NOS/c1-5-16(2,3)18-11-13-12-8-6-7-9-14(12)19-15(13)10-17-4/h6-9,17H,5,10-11H2,1-4H3. The van der Waals surface area contributed by atoms with Gasteiger partial charge in [-0.05, 0) is 38.8 Å². The summed E-state index contributed by atoms with van der Waals surface area (Å²) in [5.41, 5.74) is 1.29. The van der Waals surface area contributed by atoms with Crippen molar-refractivity contribution in [3.05, 3.63) is 34.7 Å². The molecule has 2 aromatic rings. The van der Waals surface area contributed by atoms with Crippen molar-refractivity contribution in [3.63, 3.8) is 0 Å². The molecular weight excluding hydrogens is 254 g/mol. The molecule has 0 spiro atoms. The summed E-state index contributed by atoms with van der Waals surface area (Å²) >= 11 is 1.86. The molecule has 3 heteroatoms. The first-order chi connectivity index (χ1) is 9.07. The van der Waals surface area contributed by atoms with Crippen molar-refractivity contribution in [2.24, 2.45) is 0 Å². The van der Waals surface area contributed by atoms with Crippen molar-refractivity contribution in [1.82, 2.24) is 5.32 Å². The molecule has 1 aromatic carbocycles. The van der Waals surface area contributed by atoms with Gasteiger partial charge in [0.1, 0.15) is 0 Å². The number of ether oxygens (including phenoxy) is 1. The van der Waals surface area contributed by atoms with E-state index in [9.17, 15) is 0 Å². The van der Waals surface area contributed by atoms with Gasteiger partial charge in [-0.15, -0.1) is 11.3 Å². The topological polar surface area (TPSA) is 21.3 Å². The Bertz CT molecular complexity index is 545. The van der Waals surface area contributed by atoms with E-state index in [0.29, 0.717) is 6.61 Å². The van der Waals surface area contributed by atoms with Crippen LogP contribution in [-0.4, -0.2) is 12.6 Å². The van der Waals surface area contributed by atoms with Crippen LogP contribution < -0.4 is 5.32 Å². The van der Waals surface area contributed by atoms with Crippen LogP contribution in [0.3, 0.4) is 0 Å². The number of nitrogens with one attached hydrogen (secondary N) is 1. The summed E-state index contributed by atoms with van der Waals surface area (Å²) in [5, 5.41) is 4.59. The van der Waals surface area contributed by atoms with Crippen molar-refractivity contribution in [2.45, 2.75) is 45.9 Å². The third kappa shape index (κ3) is 3.35. The van der Waals surface area contributed by atoms with Crippen LogP contribution in [0.2, 0.25) is 0 Å². The van der Waals surface area contributed by atoms with Crippen molar-refractivity contribution < 1.29 is 4.74 Å². The largest absolute Gasteiger partial charge is 0.371 e. The summed E-state index contributed by atoms with van der Waals surface area (Å²) in [6, 6.07) is 8.59. The van der Waals surface area contributed by atoms with Crippen LogP contribution in [0.15, 0.2) is 24.3 Å². The Balaban J connectivity index is 2.31. The Hall–Kier alpha value is -0.900. The SMILES string of the molecule is CCC(C)(C)OCc1c(CNC)sc2ccccc12. The molecule has 0 atom stereocenters. The molecular formula is C16H23NOS. The molecule has 1 aromatic heterocycles. The summed E-state index contributed by atoms with van der Waals surface area (Å²) in [7, 11) is 1.99. The second-order valence-corrected chi connectivity index (χ2v) is 6.57. The van der Waals surface area contributed by atoms with Gasteiger partial charge in [-0.3, -0.25) is 0 Å². The van der Waals surface area contributed by atoms with E-state index < -0.39 is 0 Å². The first-order valence-corrected chi connectivity index (χ1v) is 7.67. The highest BCUT2D eigenvalue weighted by molar-refractivity contribution is 7.19. The Morgan fingerprint density at radius 3 is 2.68 bits per heavy atom. The average molecular weight is 277 g/mol. The van der Waals surface area contributed by atoms with Gasteiger partial charge in [0.25, 0.3) is 0 Å². The quantitative estimate of drug-likeness (QED) is 0.848. The predicted molar refractivity (Wildman–Crippen MR) is 83.7 cm³/mol. The van der Waals surface area contributed by atoms with Crippen LogP contribution in [0.25, 0.3) is 10.1 Å². The molecule has 19 heavy (non-hydrogen) atoms. The van der Waals surface area contributed by atoms with Gasteiger partial charge < -0.3 is 10.1 Å². The van der Waals surface area contributed by atoms with Crippen LogP contribution in [0.1, 0.15) is 37.6 Å². The number of fused-ring (bicyclic) bond motifs is 1. The zero-order valence-corrected chi connectivity index (χ0v) is 13.1. The third-order valence-corrected chi connectivity index (χ3v) is 4.79. The molecule has 0 saturated carbocycles. The molecule has 1 heterocycles. The molecule has 0 saturated heterocycles. The molecule has 2 nitrogen and oxygen atoms in total. The summed E-state index contributed by atoms with van der Waals surface area (Å²) in [6.07, 6.45) is 1.02. The third-order valence-electron chi connectivity index (χ3n) is 3.58. The molecule has 0 unspecified atom stereocenters. The molecule has 0 radical (unpaired) electrons. The second kappa shape index (κ2) is 6.04. The van der Waals surface area contributed by atoms with Crippen molar-refractivity contribution in [2.75, 3.05) is 7.05 Å². The van der Waals surface area contributed by atoms with E-state index in [2.05, 4.69) is 50.4 Å². The van der Waals surface area contributed by atoms with Gasteiger partial charge >= 0.3 is 0 Å². The summed E-state index contributed by atoms with van der Waals surface area (Å²) in [6.45, 7) is 8.07. The maximum absolute atomic E-state index is 6.10. The van der Waals surface area contributed by atoms with Gasteiger partial charge in [0.2, 0.25) is 0 Å². The number of benzene rings is 1. The van der Waals surface area contributed by atoms with Crippen LogP contribution in [0.4, 0.5) is 0 Å². The van der Waals surface area contributed by atoms with E-state index in [-0.39, 0.29) is 5.60 Å². The van der Waals surface area contributed by atoms with E-state index in [1.165, 1.54) is 20.5 Å². The number of hydrogen-bond donors (Lipinski definition) is 1. The Kier molecular flexibility index (Phi) is 4.61. The van der Waals surface area contributed by atoms with Crippen molar-refractivity contribution in [1.29, 1.82) is 0 Å². The smallest absolute Gasteiger partial charge is 0.0741 e. The minimum atomic E-state index is -0.0556. The number of rotatable bonds is 6. The Morgan fingerprint density at radius 1 is 1.26 bits per heavy atom. The molecule has 0 aliphatic heterocycles. The lowest BCUT2D eigenvalue weighted by Crippen LogP contribution is -2.23. The van der Waals surface area contributed by atoms with Gasteiger partial charge in [0.15, 0.2) is 0 Å². The van der Waals surface area contributed by atoms with Crippen LogP contribution >= 0.6 is 11.3 Å². The molecule has 2 rings (SSSR count). The molecule has 1 N–H and O–H groups in total. The first-order valence-electron chi connectivity index (χ1n) is 6.85. The van der Waals surface area contributed by atoms with E-state index in [4.69, 9.17) is 4.74 Å². The maximum atomic E-state index is 6.10. The Morgan fingerprint density at radius 2 is 2.00 bits per heavy atom. The highest BCUT2D eigenvalue weighted by atomic mass is 32.1. The van der Waals surface area contributed by atoms with E-state index >= 15 is 0 Å². The van der Waals surface area contributed by atoms with Crippen molar-refractivity contribution >= 4 is 21.4 Å².